The summed E-state index contributed by atoms with van der Waals surface area (Å²) in [4.78, 5) is 25.1. The third-order valence-electron chi connectivity index (χ3n) is 3.21. The first-order valence-electron chi connectivity index (χ1n) is 7.61. The Morgan fingerprint density at radius 1 is 1.14 bits per heavy atom. The molecule has 0 saturated heterocycles. The molecule has 1 aromatic rings. The summed E-state index contributed by atoms with van der Waals surface area (Å²) in [6.45, 7) is 10.2. The largest absolute Gasteiger partial charge is 0.444 e. The van der Waals surface area contributed by atoms with Gasteiger partial charge in [0.05, 0.1) is 0 Å². The fourth-order valence-electron chi connectivity index (χ4n) is 1.85. The number of carbonyl (C=O) groups excluding carboxylic acids is 2. The van der Waals surface area contributed by atoms with E-state index < -0.39 is 11.0 Å². The normalized spacial score (nSPS) is 11.9. The van der Waals surface area contributed by atoms with Crippen LogP contribution in [-0.4, -0.2) is 29.4 Å². The Kier molecular flexibility index (Phi) is 6.15. The van der Waals surface area contributed by atoms with Crippen molar-refractivity contribution >= 4 is 12.4 Å². The molecular weight excluding hydrogens is 278 g/mol. The van der Waals surface area contributed by atoms with Crippen molar-refractivity contribution in [1.29, 1.82) is 0 Å². The number of benzene rings is 1. The van der Waals surface area contributed by atoms with E-state index in [1.54, 1.807) is 4.90 Å². The van der Waals surface area contributed by atoms with Crippen LogP contribution in [0.5, 0.6) is 0 Å². The van der Waals surface area contributed by atoms with Crippen LogP contribution in [0, 0.1) is 5.41 Å². The van der Waals surface area contributed by atoms with Crippen molar-refractivity contribution in [3.63, 3.8) is 0 Å². The fraction of sp³-hybridized carbons (Fsp3) is 0.556. The van der Waals surface area contributed by atoms with Crippen molar-refractivity contribution in [2.24, 2.45) is 5.41 Å². The molecule has 1 aromatic carbocycles. The van der Waals surface area contributed by atoms with Crippen molar-refractivity contribution in [3.8, 4) is 0 Å². The summed E-state index contributed by atoms with van der Waals surface area (Å²) in [5, 5.41) is 0. The highest BCUT2D eigenvalue weighted by Crippen LogP contribution is 2.19. The zero-order chi connectivity index (χ0) is 16.8. The Bertz CT molecular complexity index is 489. The molecule has 0 N–H and O–H groups in total. The first kappa shape index (κ1) is 18.2. The van der Waals surface area contributed by atoms with Crippen molar-refractivity contribution in [3.05, 3.63) is 35.9 Å². The van der Waals surface area contributed by atoms with Gasteiger partial charge in [0.25, 0.3) is 0 Å². The Balaban J connectivity index is 2.80. The molecule has 0 unspecified atom stereocenters. The summed E-state index contributed by atoms with van der Waals surface area (Å²) >= 11 is 0. The summed E-state index contributed by atoms with van der Waals surface area (Å²) in [5.41, 5.74) is 0.0561. The molecule has 0 fully saturated rings. The molecule has 0 aromatic heterocycles. The lowest BCUT2D eigenvalue weighted by Gasteiger charge is -2.29. The standard InChI is InChI=1S/C18H27NO3/c1-17(2,3)22-16(21)19(12-11-18(4,5)14-20)13-15-9-7-6-8-10-15/h6-10,14H,11-13H2,1-5H3. The number of carbonyl (C=O) groups is 2. The van der Waals surface area contributed by atoms with Crippen LogP contribution >= 0.6 is 0 Å². The number of hydrogen-bond donors (Lipinski definition) is 0. The van der Waals surface area contributed by atoms with Crippen LogP contribution in [-0.2, 0) is 16.1 Å². The molecular formula is C18H27NO3. The molecule has 122 valence electrons. The van der Waals surface area contributed by atoms with Gasteiger partial charge in [-0.25, -0.2) is 4.79 Å². The highest BCUT2D eigenvalue weighted by Gasteiger charge is 2.25. The number of rotatable bonds is 6. The van der Waals surface area contributed by atoms with Gasteiger partial charge in [-0.2, -0.15) is 0 Å². The summed E-state index contributed by atoms with van der Waals surface area (Å²) in [6, 6.07) is 9.78. The summed E-state index contributed by atoms with van der Waals surface area (Å²) in [7, 11) is 0. The smallest absolute Gasteiger partial charge is 0.410 e. The molecule has 0 aliphatic rings. The zero-order valence-corrected chi connectivity index (χ0v) is 14.3. The fourth-order valence-corrected chi connectivity index (χ4v) is 1.85. The van der Waals surface area contributed by atoms with Gasteiger partial charge in [0.1, 0.15) is 11.9 Å². The van der Waals surface area contributed by atoms with Gasteiger partial charge in [0.15, 0.2) is 0 Å². The van der Waals surface area contributed by atoms with Crippen LogP contribution in [0.4, 0.5) is 4.79 Å². The van der Waals surface area contributed by atoms with E-state index in [2.05, 4.69) is 0 Å². The third kappa shape index (κ3) is 6.74. The van der Waals surface area contributed by atoms with Crippen molar-refractivity contribution in [1.82, 2.24) is 4.90 Å². The van der Waals surface area contributed by atoms with Gasteiger partial charge in [0, 0.05) is 18.5 Å². The quantitative estimate of drug-likeness (QED) is 0.745. The van der Waals surface area contributed by atoms with Crippen LogP contribution in [0.15, 0.2) is 30.3 Å². The second kappa shape index (κ2) is 7.43. The first-order chi connectivity index (χ1) is 10.1. The molecule has 0 spiro atoms. The van der Waals surface area contributed by atoms with Crippen LogP contribution in [0.1, 0.15) is 46.6 Å². The average molecular weight is 305 g/mol. The molecule has 22 heavy (non-hydrogen) atoms. The molecule has 0 aliphatic carbocycles. The van der Waals surface area contributed by atoms with Gasteiger partial charge in [0.2, 0.25) is 0 Å². The molecule has 0 heterocycles. The van der Waals surface area contributed by atoms with E-state index in [0.717, 1.165) is 11.8 Å². The van der Waals surface area contributed by atoms with Crippen LogP contribution in [0.3, 0.4) is 0 Å². The molecule has 0 atom stereocenters. The lowest BCUT2D eigenvalue weighted by Crippen LogP contribution is -2.38. The van der Waals surface area contributed by atoms with E-state index in [4.69, 9.17) is 4.74 Å². The SMILES string of the molecule is CC(C)(C=O)CCN(Cc1ccccc1)C(=O)OC(C)(C)C. The molecule has 1 rings (SSSR count). The number of aldehydes is 1. The van der Waals surface area contributed by atoms with Gasteiger partial charge >= 0.3 is 6.09 Å². The Hall–Kier alpha value is -1.84. The summed E-state index contributed by atoms with van der Waals surface area (Å²) in [6.07, 6.45) is 1.18. The predicted molar refractivity (Wildman–Crippen MR) is 87.5 cm³/mol. The Morgan fingerprint density at radius 3 is 2.23 bits per heavy atom. The van der Waals surface area contributed by atoms with Crippen LogP contribution in [0.25, 0.3) is 0 Å². The lowest BCUT2D eigenvalue weighted by molar-refractivity contribution is -0.115. The molecule has 1 amide bonds. The number of hydrogen-bond acceptors (Lipinski definition) is 3. The van der Waals surface area contributed by atoms with E-state index in [1.807, 2.05) is 65.0 Å². The maximum atomic E-state index is 12.4. The Labute approximate surface area is 133 Å². The maximum Gasteiger partial charge on any atom is 0.410 e. The van der Waals surface area contributed by atoms with E-state index in [1.165, 1.54) is 0 Å². The van der Waals surface area contributed by atoms with Gasteiger partial charge in [-0.05, 0) is 32.8 Å². The molecule has 0 radical (unpaired) electrons. The number of nitrogens with zero attached hydrogens (tertiary/aromatic N) is 1. The number of ether oxygens (including phenoxy) is 1. The van der Waals surface area contributed by atoms with E-state index in [9.17, 15) is 9.59 Å². The topological polar surface area (TPSA) is 46.6 Å². The average Bonchev–Trinajstić information content (AvgIpc) is 2.42. The zero-order valence-electron chi connectivity index (χ0n) is 14.3. The highest BCUT2D eigenvalue weighted by atomic mass is 16.6. The van der Waals surface area contributed by atoms with Crippen molar-refractivity contribution in [2.75, 3.05) is 6.54 Å². The minimum absolute atomic E-state index is 0.349. The second-order valence-corrected chi connectivity index (χ2v) is 7.24. The van der Waals surface area contributed by atoms with E-state index >= 15 is 0 Å². The predicted octanol–water partition coefficient (Wildman–Crippen LogP) is 4.04. The van der Waals surface area contributed by atoms with Gasteiger partial charge in [-0.1, -0.05) is 44.2 Å². The van der Waals surface area contributed by atoms with Gasteiger partial charge in [-0.3, -0.25) is 0 Å². The Morgan fingerprint density at radius 2 is 1.73 bits per heavy atom. The minimum atomic E-state index is -0.536. The third-order valence-corrected chi connectivity index (χ3v) is 3.21. The monoisotopic (exact) mass is 305 g/mol. The molecule has 0 bridgehead atoms. The van der Waals surface area contributed by atoms with Crippen molar-refractivity contribution in [2.45, 2.75) is 53.2 Å². The number of amides is 1. The molecule has 4 heteroatoms. The maximum absolute atomic E-state index is 12.4. The molecule has 0 saturated carbocycles. The van der Waals surface area contributed by atoms with Crippen LogP contribution in [0.2, 0.25) is 0 Å². The summed E-state index contributed by atoms with van der Waals surface area (Å²) in [5.74, 6) is 0. The second-order valence-electron chi connectivity index (χ2n) is 7.24. The van der Waals surface area contributed by atoms with E-state index in [-0.39, 0.29) is 6.09 Å². The van der Waals surface area contributed by atoms with Crippen LogP contribution < -0.4 is 0 Å². The van der Waals surface area contributed by atoms with Gasteiger partial charge in [-0.15, -0.1) is 0 Å². The van der Waals surface area contributed by atoms with E-state index in [0.29, 0.717) is 19.5 Å². The van der Waals surface area contributed by atoms with Crippen molar-refractivity contribution < 1.29 is 14.3 Å². The first-order valence-corrected chi connectivity index (χ1v) is 7.61. The van der Waals surface area contributed by atoms with Gasteiger partial charge < -0.3 is 14.4 Å². The molecule has 0 aliphatic heterocycles. The molecule has 4 nitrogen and oxygen atoms in total. The summed E-state index contributed by atoms with van der Waals surface area (Å²) < 4.78 is 5.47. The minimum Gasteiger partial charge on any atom is -0.444 e. The lowest BCUT2D eigenvalue weighted by atomic mass is 9.91. The highest BCUT2D eigenvalue weighted by molar-refractivity contribution is 5.68.